The molecule has 0 saturated heterocycles. The molecule has 200 valence electrons. The Morgan fingerprint density at radius 1 is 0.718 bits per heavy atom. The smallest absolute Gasteiger partial charge is 0.412 e. The van der Waals surface area contributed by atoms with E-state index in [9.17, 15) is 14.4 Å². The van der Waals surface area contributed by atoms with E-state index in [0.29, 0.717) is 23.4 Å². The molecule has 0 aliphatic heterocycles. The van der Waals surface area contributed by atoms with Crippen LogP contribution in [0.15, 0.2) is 91.0 Å². The number of hydroxylamine groups is 1. The van der Waals surface area contributed by atoms with E-state index >= 15 is 0 Å². The minimum absolute atomic E-state index is 0.219. The number of hydrogen-bond donors (Lipinski definition) is 3. The van der Waals surface area contributed by atoms with Crippen molar-refractivity contribution in [3.8, 4) is 0 Å². The molecule has 0 saturated carbocycles. The van der Waals surface area contributed by atoms with Crippen LogP contribution in [-0.4, -0.2) is 23.5 Å². The van der Waals surface area contributed by atoms with Gasteiger partial charge in [0.15, 0.2) is 0 Å². The zero-order valence-electron chi connectivity index (χ0n) is 22.1. The Hall–Kier alpha value is -4.69. The summed E-state index contributed by atoms with van der Waals surface area (Å²) in [6, 6.07) is 27.3. The molecule has 3 amide bonds. The number of hydrogen-bond acceptors (Lipinski definition) is 5. The normalized spacial score (nSPS) is 11.1. The van der Waals surface area contributed by atoms with Crippen molar-refractivity contribution >= 4 is 34.4 Å². The average molecular weight is 526 g/mol. The Bertz CT molecular complexity index is 1460. The van der Waals surface area contributed by atoms with Crippen LogP contribution < -0.4 is 16.1 Å². The molecule has 0 aromatic heterocycles. The number of fused-ring (bicyclic) bond motifs is 1. The van der Waals surface area contributed by atoms with E-state index < -0.39 is 11.7 Å². The molecule has 0 heterocycles. The van der Waals surface area contributed by atoms with E-state index in [4.69, 9.17) is 9.57 Å². The summed E-state index contributed by atoms with van der Waals surface area (Å²) in [6.45, 7) is 5.99. The Kier molecular flexibility index (Phi) is 8.58. The van der Waals surface area contributed by atoms with Gasteiger partial charge in [-0.2, -0.15) is 0 Å². The van der Waals surface area contributed by atoms with Crippen molar-refractivity contribution in [1.29, 1.82) is 0 Å². The fraction of sp³-hybridized carbons (Fsp3) is 0.194. The van der Waals surface area contributed by atoms with Gasteiger partial charge in [0.1, 0.15) is 5.60 Å². The molecule has 39 heavy (non-hydrogen) atoms. The van der Waals surface area contributed by atoms with Crippen molar-refractivity contribution in [2.75, 3.05) is 5.32 Å². The lowest BCUT2D eigenvalue weighted by molar-refractivity contribution is 0.0233. The minimum Gasteiger partial charge on any atom is -0.444 e. The van der Waals surface area contributed by atoms with Gasteiger partial charge in [-0.15, -0.1) is 0 Å². The van der Waals surface area contributed by atoms with Crippen molar-refractivity contribution < 1.29 is 24.0 Å². The van der Waals surface area contributed by atoms with Gasteiger partial charge in [0.25, 0.3) is 11.8 Å². The first-order valence-corrected chi connectivity index (χ1v) is 12.5. The van der Waals surface area contributed by atoms with Crippen molar-refractivity contribution in [1.82, 2.24) is 10.8 Å². The minimum atomic E-state index is -0.586. The lowest BCUT2D eigenvalue weighted by Gasteiger charge is -2.19. The summed E-state index contributed by atoms with van der Waals surface area (Å²) in [5, 5.41) is 7.36. The number of ether oxygens (including phenoxy) is 1. The molecule has 0 unspecified atom stereocenters. The standard InChI is InChI=1S/C31H31N3O5/c1-31(2,3)39-30(37)33-27-16-15-24-17-26(14-13-25(24)18-27)28(35)32-19-21-9-11-23(12-10-21)29(36)34-38-20-22-7-5-4-6-8-22/h4-18H,19-20H2,1-3H3,(H,32,35)(H,33,37)(H,34,36). The van der Waals surface area contributed by atoms with Crippen LogP contribution in [0.3, 0.4) is 0 Å². The number of rotatable bonds is 8. The zero-order chi connectivity index (χ0) is 27.8. The third kappa shape index (κ3) is 8.15. The molecule has 0 atom stereocenters. The maximum absolute atomic E-state index is 12.8. The van der Waals surface area contributed by atoms with Crippen molar-refractivity contribution in [2.24, 2.45) is 0 Å². The van der Waals surface area contributed by atoms with Gasteiger partial charge >= 0.3 is 6.09 Å². The first kappa shape index (κ1) is 27.3. The predicted molar refractivity (Wildman–Crippen MR) is 150 cm³/mol. The number of carbonyl (C=O) groups is 3. The number of benzene rings is 4. The van der Waals surface area contributed by atoms with Gasteiger partial charge in [-0.05, 0) is 79.1 Å². The predicted octanol–water partition coefficient (Wildman–Crippen LogP) is 5.98. The number of nitrogens with one attached hydrogen (secondary N) is 3. The van der Waals surface area contributed by atoms with Gasteiger partial charge in [-0.1, -0.05) is 54.6 Å². The molecule has 8 heteroatoms. The fourth-order valence-electron chi connectivity index (χ4n) is 3.76. The Morgan fingerprint density at radius 3 is 2.10 bits per heavy atom. The van der Waals surface area contributed by atoms with E-state index in [1.165, 1.54) is 0 Å². The summed E-state index contributed by atoms with van der Waals surface area (Å²) in [5.74, 6) is -0.564. The molecule has 0 radical (unpaired) electrons. The summed E-state index contributed by atoms with van der Waals surface area (Å²) in [5.41, 5.74) is 5.23. The van der Waals surface area contributed by atoms with Crippen molar-refractivity contribution in [3.63, 3.8) is 0 Å². The molecular weight excluding hydrogens is 494 g/mol. The van der Waals surface area contributed by atoms with E-state index in [2.05, 4.69) is 16.1 Å². The maximum atomic E-state index is 12.8. The second-order valence-corrected chi connectivity index (χ2v) is 9.99. The van der Waals surface area contributed by atoms with Crippen molar-refractivity contribution in [2.45, 2.75) is 39.5 Å². The van der Waals surface area contributed by atoms with Gasteiger partial charge in [-0.25, -0.2) is 10.3 Å². The Morgan fingerprint density at radius 2 is 1.38 bits per heavy atom. The zero-order valence-corrected chi connectivity index (χ0v) is 22.1. The number of anilines is 1. The third-order valence-electron chi connectivity index (χ3n) is 5.66. The van der Waals surface area contributed by atoms with E-state index in [1.807, 2.05) is 48.5 Å². The first-order valence-electron chi connectivity index (χ1n) is 12.5. The highest BCUT2D eigenvalue weighted by atomic mass is 16.6. The van der Waals surface area contributed by atoms with Crippen LogP contribution in [0.25, 0.3) is 10.8 Å². The highest BCUT2D eigenvalue weighted by Crippen LogP contribution is 2.21. The molecule has 0 spiro atoms. The summed E-state index contributed by atoms with van der Waals surface area (Å²) < 4.78 is 5.29. The summed E-state index contributed by atoms with van der Waals surface area (Å²) >= 11 is 0. The average Bonchev–Trinajstić information content (AvgIpc) is 2.91. The molecular formula is C31H31N3O5. The lowest BCUT2D eigenvalue weighted by atomic mass is 10.1. The van der Waals surface area contributed by atoms with Gasteiger partial charge in [-0.3, -0.25) is 19.7 Å². The molecule has 4 rings (SSSR count). The van der Waals surface area contributed by atoms with Gasteiger partial charge in [0.2, 0.25) is 0 Å². The summed E-state index contributed by atoms with van der Waals surface area (Å²) in [4.78, 5) is 42.4. The second-order valence-electron chi connectivity index (χ2n) is 9.99. The molecule has 3 N–H and O–H groups in total. The van der Waals surface area contributed by atoms with Gasteiger partial charge in [0.05, 0.1) is 6.61 Å². The van der Waals surface area contributed by atoms with Crippen LogP contribution in [0.4, 0.5) is 10.5 Å². The van der Waals surface area contributed by atoms with E-state index in [1.54, 1.807) is 63.2 Å². The monoisotopic (exact) mass is 525 g/mol. The van der Waals surface area contributed by atoms with Crippen LogP contribution in [0.5, 0.6) is 0 Å². The highest BCUT2D eigenvalue weighted by Gasteiger charge is 2.16. The SMILES string of the molecule is CC(C)(C)OC(=O)Nc1ccc2cc(C(=O)NCc3ccc(C(=O)NOCc4ccccc4)cc3)ccc2c1. The molecule has 4 aromatic carbocycles. The van der Waals surface area contributed by atoms with E-state index in [0.717, 1.165) is 21.9 Å². The van der Waals surface area contributed by atoms with Crippen LogP contribution in [-0.2, 0) is 22.7 Å². The third-order valence-corrected chi connectivity index (χ3v) is 5.66. The summed E-state index contributed by atoms with van der Waals surface area (Å²) in [7, 11) is 0. The van der Waals surface area contributed by atoms with Crippen LogP contribution >= 0.6 is 0 Å². The highest BCUT2D eigenvalue weighted by molar-refractivity contribution is 5.99. The number of amides is 3. The largest absolute Gasteiger partial charge is 0.444 e. The lowest BCUT2D eigenvalue weighted by Crippen LogP contribution is -2.27. The first-order chi connectivity index (χ1) is 18.7. The number of carbonyl (C=O) groups excluding carboxylic acids is 3. The van der Waals surface area contributed by atoms with Crippen molar-refractivity contribution in [3.05, 3.63) is 113 Å². The molecule has 0 bridgehead atoms. The Labute approximate surface area is 227 Å². The molecule has 0 aliphatic rings. The van der Waals surface area contributed by atoms with Crippen LogP contribution in [0.2, 0.25) is 0 Å². The quantitative estimate of drug-likeness (QED) is 0.246. The second kappa shape index (κ2) is 12.2. The summed E-state index contributed by atoms with van der Waals surface area (Å²) in [6.07, 6.45) is -0.525. The topological polar surface area (TPSA) is 106 Å². The Balaban J connectivity index is 1.28. The van der Waals surface area contributed by atoms with E-state index in [-0.39, 0.29) is 18.4 Å². The van der Waals surface area contributed by atoms with Gasteiger partial charge in [0, 0.05) is 23.4 Å². The molecule has 0 fully saturated rings. The molecule has 4 aromatic rings. The molecule has 8 nitrogen and oxygen atoms in total. The molecule has 0 aliphatic carbocycles. The van der Waals surface area contributed by atoms with Gasteiger partial charge < -0.3 is 10.1 Å². The van der Waals surface area contributed by atoms with Crippen LogP contribution in [0, 0.1) is 0 Å². The fourth-order valence-corrected chi connectivity index (χ4v) is 3.76. The maximum Gasteiger partial charge on any atom is 0.412 e. The van der Waals surface area contributed by atoms with Crippen LogP contribution in [0.1, 0.15) is 52.6 Å².